The summed E-state index contributed by atoms with van der Waals surface area (Å²) >= 11 is 0. The molecule has 4 aromatic rings. The number of nitrogens with zero attached hydrogens (tertiary/aromatic N) is 4. The van der Waals surface area contributed by atoms with Crippen molar-refractivity contribution in [1.29, 1.82) is 0 Å². The van der Waals surface area contributed by atoms with Gasteiger partial charge < -0.3 is 19.9 Å². The van der Waals surface area contributed by atoms with Gasteiger partial charge >= 0.3 is 0 Å². The SMILES string of the molecule is COc1ccc(-n2nc(C(=O)NCC(=O)N3CCN(c4ccccc4)CC3)c3ccccc3c2=O)cc1. The number of benzene rings is 3. The number of rotatable bonds is 6. The summed E-state index contributed by atoms with van der Waals surface area (Å²) in [6.07, 6.45) is 0. The van der Waals surface area contributed by atoms with Crippen LogP contribution < -0.4 is 20.5 Å². The molecule has 5 rings (SSSR count). The first kappa shape index (κ1) is 24.1. The maximum absolute atomic E-state index is 13.2. The van der Waals surface area contributed by atoms with E-state index in [9.17, 15) is 14.4 Å². The summed E-state index contributed by atoms with van der Waals surface area (Å²) < 4.78 is 6.39. The summed E-state index contributed by atoms with van der Waals surface area (Å²) in [5.41, 5.74) is 1.36. The lowest BCUT2D eigenvalue weighted by molar-refractivity contribution is -0.130. The van der Waals surface area contributed by atoms with E-state index in [0.29, 0.717) is 35.3 Å². The number of anilines is 1. The smallest absolute Gasteiger partial charge is 0.279 e. The molecule has 2 amide bonds. The maximum Gasteiger partial charge on any atom is 0.279 e. The number of carbonyl (C=O) groups excluding carboxylic acids is 2. The summed E-state index contributed by atoms with van der Waals surface area (Å²) in [6.45, 7) is 2.45. The summed E-state index contributed by atoms with van der Waals surface area (Å²) in [4.78, 5) is 43.2. The third-order valence-electron chi connectivity index (χ3n) is 6.49. The van der Waals surface area contributed by atoms with Gasteiger partial charge in [0, 0.05) is 37.3 Å². The monoisotopic (exact) mass is 497 g/mol. The van der Waals surface area contributed by atoms with Gasteiger partial charge in [0.15, 0.2) is 5.69 Å². The summed E-state index contributed by atoms with van der Waals surface area (Å²) in [6, 6.07) is 23.7. The summed E-state index contributed by atoms with van der Waals surface area (Å²) in [5, 5.41) is 7.88. The first-order valence-electron chi connectivity index (χ1n) is 12.1. The van der Waals surface area contributed by atoms with E-state index in [1.54, 1.807) is 60.5 Å². The molecule has 188 valence electrons. The van der Waals surface area contributed by atoms with Gasteiger partial charge in [-0.15, -0.1) is 0 Å². The van der Waals surface area contributed by atoms with Gasteiger partial charge in [-0.25, -0.2) is 0 Å². The predicted octanol–water partition coefficient (Wildman–Crippen LogP) is 2.47. The van der Waals surface area contributed by atoms with Crippen molar-refractivity contribution in [2.24, 2.45) is 0 Å². The van der Waals surface area contributed by atoms with E-state index in [4.69, 9.17) is 4.74 Å². The van der Waals surface area contributed by atoms with Crippen molar-refractivity contribution in [3.05, 3.63) is 94.9 Å². The summed E-state index contributed by atoms with van der Waals surface area (Å²) in [7, 11) is 1.56. The minimum atomic E-state index is -0.519. The first-order valence-corrected chi connectivity index (χ1v) is 12.1. The van der Waals surface area contributed by atoms with Crippen molar-refractivity contribution >= 4 is 28.3 Å². The zero-order chi connectivity index (χ0) is 25.8. The molecular formula is C28H27N5O4. The Bertz CT molecular complexity index is 1480. The summed E-state index contributed by atoms with van der Waals surface area (Å²) in [5.74, 6) is -0.0396. The standard InChI is InChI=1S/C28H27N5O4/c1-37-22-13-11-21(12-14-22)33-28(36)24-10-6-5-9-23(24)26(30-33)27(35)29-19-25(34)32-17-15-31(16-18-32)20-7-3-2-4-8-20/h2-14H,15-19H2,1H3,(H,29,35). The molecule has 2 heterocycles. The Hall–Kier alpha value is -4.66. The van der Waals surface area contributed by atoms with Crippen LogP contribution in [-0.2, 0) is 4.79 Å². The minimum absolute atomic E-state index is 0.0766. The third kappa shape index (κ3) is 5.02. The molecule has 0 aliphatic carbocycles. The molecule has 1 aromatic heterocycles. The van der Waals surface area contributed by atoms with Crippen LogP contribution >= 0.6 is 0 Å². The van der Waals surface area contributed by atoms with E-state index in [-0.39, 0.29) is 23.7 Å². The second-order valence-electron chi connectivity index (χ2n) is 8.70. The fourth-order valence-corrected chi connectivity index (χ4v) is 4.46. The van der Waals surface area contributed by atoms with Gasteiger partial charge in [-0.2, -0.15) is 9.78 Å². The molecule has 9 nitrogen and oxygen atoms in total. The maximum atomic E-state index is 13.2. The molecule has 0 bridgehead atoms. The van der Waals surface area contributed by atoms with Crippen molar-refractivity contribution in [2.75, 3.05) is 44.7 Å². The number of para-hydroxylation sites is 1. The molecule has 0 saturated carbocycles. The Morgan fingerprint density at radius 2 is 1.49 bits per heavy atom. The lowest BCUT2D eigenvalue weighted by atomic mass is 10.1. The highest BCUT2D eigenvalue weighted by Gasteiger charge is 2.23. The molecule has 1 aliphatic heterocycles. The van der Waals surface area contributed by atoms with Crippen LogP contribution in [-0.4, -0.2) is 66.3 Å². The average Bonchev–Trinajstić information content (AvgIpc) is 2.97. The Balaban J connectivity index is 1.31. The number of aromatic nitrogens is 2. The molecular weight excluding hydrogens is 470 g/mol. The molecule has 1 N–H and O–H groups in total. The predicted molar refractivity (Wildman–Crippen MR) is 141 cm³/mol. The first-order chi connectivity index (χ1) is 18.0. The van der Waals surface area contributed by atoms with Crippen molar-refractivity contribution < 1.29 is 14.3 Å². The van der Waals surface area contributed by atoms with Crippen LogP contribution in [0.4, 0.5) is 5.69 Å². The van der Waals surface area contributed by atoms with Crippen LogP contribution in [0.15, 0.2) is 83.7 Å². The van der Waals surface area contributed by atoms with Gasteiger partial charge in [-0.3, -0.25) is 14.4 Å². The van der Waals surface area contributed by atoms with Crippen LogP contribution in [0.2, 0.25) is 0 Å². The van der Waals surface area contributed by atoms with Crippen LogP contribution in [0, 0.1) is 0 Å². The normalized spacial score (nSPS) is 13.4. The van der Waals surface area contributed by atoms with Gasteiger partial charge in [-0.1, -0.05) is 36.4 Å². The van der Waals surface area contributed by atoms with Crippen molar-refractivity contribution in [3.63, 3.8) is 0 Å². The molecule has 1 saturated heterocycles. The van der Waals surface area contributed by atoms with Crippen LogP contribution in [0.3, 0.4) is 0 Å². The number of carbonyl (C=O) groups is 2. The highest BCUT2D eigenvalue weighted by Crippen LogP contribution is 2.18. The fraction of sp³-hybridized carbons (Fsp3) is 0.214. The van der Waals surface area contributed by atoms with Gasteiger partial charge in [0.1, 0.15) is 5.75 Å². The van der Waals surface area contributed by atoms with Crippen LogP contribution in [0.5, 0.6) is 5.75 Å². The largest absolute Gasteiger partial charge is 0.497 e. The van der Waals surface area contributed by atoms with E-state index < -0.39 is 5.91 Å². The Labute approximate surface area is 213 Å². The number of nitrogens with one attached hydrogen (secondary N) is 1. The van der Waals surface area contributed by atoms with Crippen molar-refractivity contribution in [1.82, 2.24) is 20.0 Å². The molecule has 0 unspecified atom stereocenters. The molecule has 1 aliphatic rings. The lowest BCUT2D eigenvalue weighted by Gasteiger charge is -2.36. The topological polar surface area (TPSA) is 96.8 Å². The molecule has 9 heteroatoms. The van der Waals surface area contributed by atoms with Gasteiger partial charge in [0.2, 0.25) is 5.91 Å². The molecule has 0 spiro atoms. The zero-order valence-electron chi connectivity index (χ0n) is 20.5. The van der Waals surface area contributed by atoms with Crippen LogP contribution in [0.1, 0.15) is 10.5 Å². The number of piperazine rings is 1. The molecule has 1 fully saturated rings. The zero-order valence-corrected chi connectivity index (χ0v) is 20.5. The highest BCUT2D eigenvalue weighted by molar-refractivity contribution is 6.05. The number of amides is 2. The Morgan fingerprint density at radius 3 is 2.16 bits per heavy atom. The lowest BCUT2D eigenvalue weighted by Crippen LogP contribution is -2.51. The number of ether oxygens (including phenoxy) is 1. The number of hydrogen-bond donors (Lipinski definition) is 1. The van der Waals surface area contributed by atoms with E-state index >= 15 is 0 Å². The average molecular weight is 498 g/mol. The molecule has 3 aromatic carbocycles. The van der Waals surface area contributed by atoms with Crippen molar-refractivity contribution in [3.8, 4) is 11.4 Å². The quantitative estimate of drug-likeness (QED) is 0.440. The number of fused-ring (bicyclic) bond motifs is 1. The van der Waals surface area contributed by atoms with E-state index in [0.717, 1.165) is 18.8 Å². The third-order valence-corrected chi connectivity index (χ3v) is 6.49. The fourth-order valence-electron chi connectivity index (χ4n) is 4.46. The number of hydrogen-bond acceptors (Lipinski definition) is 6. The van der Waals surface area contributed by atoms with Crippen LogP contribution in [0.25, 0.3) is 16.5 Å². The molecule has 0 atom stereocenters. The van der Waals surface area contributed by atoms with E-state index in [1.165, 1.54) is 4.68 Å². The minimum Gasteiger partial charge on any atom is -0.497 e. The van der Waals surface area contributed by atoms with E-state index in [1.807, 2.05) is 18.2 Å². The van der Waals surface area contributed by atoms with E-state index in [2.05, 4.69) is 27.4 Å². The Kier molecular flexibility index (Phi) is 6.85. The van der Waals surface area contributed by atoms with Gasteiger partial charge in [0.25, 0.3) is 11.5 Å². The molecule has 37 heavy (non-hydrogen) atoms. The van der Waals surface area contributed by atoms with Crippen molar-refractivity contribution in [2.45, 2.75) is 0 Å². The second kappa shape index (κ2) is 10.5. The van der Waals surface area contributed by atoms with Gasteiger partial charge in [-0.05, 0) is 42.5 Å². The van der Waals surface area contributed by atoms with Gasteiger partial charge in [0.05, 0.1) is 24.7 Å². The highest BCUT2D eigenvalue weighted by atomic mass is 16.5. The Morgan fingerprint density at radius 1 is 0.838 bits per heavy atom. The number of methoxy groups -OCH3 is 1. The second-order valence-corrected chi connectivity index (χ2v) is 8.70. The molecule has 0 radical (unpaired) electrons.